The largest absolute Gasteiger partial charge is 0.437 e. The second-order valence-electron chi connectivity index (χ2n) is 7.26. The van der Waals surface area contributed by atoms with Crippen molar-refractivity contribution in [1.82, 2.24) is 24.4 Å². The fourth-order valence-corrected chi connectivity index (χ4v) is 5.56. The highest BCUT2D eigenvalue weighted by atomic mass is 35.5. The summed E-state index contributed by atoms with van der Waals surface area (Å²) in [7, 11) is -4.01. The van der Waals surface area contributed by atoms with Crippen LogP contribution in [0.25, 0.3) is 0 Å². The van der Waals surface area contributed by atoms with Crippen molar-refractivity contribution in [2.24, 2.45) is 0 Å². The minimum absolute atomic E-state index is 0.0902. The van der Waals surface area contributed by atoms with Gasteiger partial charge in [-0.2, -0.15) is 14.7 Å². The summed E-state index contributed by atoms with van der Waals surface area (Å²) in [6.45, 7) is 5.39. The summed E-state index contributed by atoms with van der Waals surface area (Å²) in [5.41, 5.74) is 0.836. The number of hydrogen-bond donors (Lipinski definition) is 1. The number of nitrogens with one attached hydrogen (secondary N) is 1. The molecule has 164 valence electrons. The molecule has 1 aromatic heterocycles. The average molecular weight is 472 g/mol. The monoisotopic (exact) mass is 471 g/mol. The first-order chi connectivity index (χ1) is 15.4. The van der Waals surface area contributed by atoms with E-state index in [1.807, 2.05) is 6.07 Å². The van der Waals surface area contributed by atoms with Gasteiger partial charge >= 0.3 is 0 Å². The number of piperazine rings is 1. The highest BCUT2D eigenvalue weighted by Crippen LogP contribution is 2.33. The van der Waals surface area contributed by atoms with Crippen LogP contribution >= 0.6 is 11.6 Å². The van der Waals surface area contributed by atoms with E-state index in [0.717, 1.165) is 0 Å². The molecule has 4 rings (SSSR count). The number of ether oxygens (including phenoxy) is 1. The molecule has 1 aliphatic heterocycles. The molecular formula is C21H20ClN6O3S+. The molecule has 1 fully saturated rings. The zero-order valence-corrected chi connectivity index (χ0v) is 18.6. The number of nitriles is 1. The second kappa shape index (κ2) is 9.18. The Morgan fingerprint density at radius 1 is 1.41 bits per heavy atom. The fraction of sp³-hybridized carbons (Fsp3) is 0.238. The Hall–Kier alpha value is -3.10. The summed E-state index contributed by atoms with van der Waals surface area (Å²) in [5, 5.41) is 17.1. The van der Waals surface area contributed by atoms with Crippen molar-refractivity contribution < 1.29 is 13.2 Å². The van der Waals surface area contributed by atoms with Gasteiger partial charge in [0, 0.05) is 19.6 Å². The molecule has 11 heteroatoms. The number of rotatable bonds is 6. The number of benzene rings is 1. The van der Waals surface area contributed by atoms with Crippen molar-refractivity contribution in [3.05, 3.63) is 77.9 Å². The highest BCUT2D eigenvalue weighted by Gasteiger charge is 2.36. The van der Waals surface area contributed by atoms with Gasteiger partial charge in [-0.05, 0) is 24.8 Å². The van der Waals surface area contributed by atoms with Gasteiger partial charge in [0.05, 0.1) is 48.4 Å². The third kappa shape index (κ3) is 4.71. The third-order valence-electron chi connectivity index (χ3n) is 4.98. The van der Waals surface area contributed by atoms with Gasteiger partial charge in [0.25, 0.3) is 0 Å². The molecule has 2 heterocycles. The molecule has 0 saturated carbocycles. The minimum atomic E-state index is -4.01. The Balaban J connectivity index is 1.70. The van der Waals surface area contributed by atoms with Crippen LogP contribution in [0.1, 0.15) is 5.56 Å². The molecule has 9 nitrogen and oxygen atoms in total. The number of hydrogen-bond acceptors (Lipinski definition) is 7. The summed E-state index contributed by atoms with van der Waals surface area (Å²) >= 11 is 6.09. The molecule has 0 spiro atoms. The van der Waals surface area contributed by atoms with Crippen LogP contribution in [0.3, 0.4) is 0 Å². The van der Waals surface area contributed by atoms with E-state index in [2.05, 4.69) is 22.0 Å². The van der Waals surface area contributed by atoms with Crippen LogP contribution < -0.4 is 10.1 Å². The number of aromatic nitrogens is 3. The van der Waals surface area contributed by atoms with Gasteiger partial charge in [0.1, 0.15) is 28.3 Å². The van der Waals surface area contributed by atoms with Crippen molar-refractivity contribution in [3.8, 4) is 11.8 Å². The zero-order chi connectivity index (χ0) is 22.7. The van der Waals surface area contributed by atoms with Crippen LogP contribution in [0.4, 0.5) is 0 Å². The van der Waals surface area contributed by atoms with E-state index >= 15 is 0 Å². The van der Waals surface area contributed by atoms with Gasteiger partial charge in [0.2, 0.25) is 15.8 Å². The predicted molar refractivity (Wildman–Crippen MR) is 118 cm³/mol. The Labute approximate surface area is 191 Å². The van der Waals surface area contributed by atoms with Crippen LogP contribution in [0, 0.1) is 17.8 Å². The van der Waals surface area contributed by atoms with E-state index in [1.165, 1.54) is 28.8 Å². The molecule has 0 amide bonds. The lowest BCUT2D eigenvalue weighted by molar-refractivity contribution is 0.238. The maximum Gasteiger partial charge on any atom is 0.247 e. The van der Waals surface area contributed by atoms with Crippen LogP contribution in [0.2, 0.25) is 0 Å². The number of halogens is 1. The van der Waals surface area contributed by atoms with E-state index in [4.69, 9.17) is 16.3 Å². The van der Waals surface area contributed by atoms with Gasteiger partial charge in [-0.15, -0.1) is 0 Å². The number of allylic oxidation sites excluding steroid dienone is 4. The maximum absolute atomic E-state index is 13.8. The summed E-state index contributed by atoms with van der Waals surface area (Å²) in [6, 6.07) is 5.91. The molecule has 2 aromatic rings. The van der Waals surface area contributed by atoms with E-state index in [0.29, 0.717) is 36.0 Å². The van der Waals surface area contributed by atoms with Crippen molar-refractivity contribution in [2.45, 2.75) is 17.5 Å². The lowest BCUT2D eigenvalue weighted by Gasteiger charge is -2.35. The van der Waals surface area contributed by atoms with Gasteiger partial charge in [-0.25, -0.2) is 13.4 Å². The minimum Gasteiger partial charge on any atom is -0.437 e. The Morgan fingerprint density at radius 3 is 2.97 bits per heavy atom. The molecule has 2 aliphatic rings. The predicted octanol–water partition coefficient (Wildman–Crippen LogP) is 1.97. The summed E-state index contributed by atoms with van der Waals surface area (Å²) in [4.78, 5) is 3.83. The molecule has 32 heavy (non-hydrogen) atoms. The first kappa shape index (κ1) is 22.1. The van der Waals surface area contributed by atoms with Crippen molar-refractivity contribution in [2.75, 3.05) is 19.6 Å². The fourth-order valence-electron chi connectivity index (χ4n) is 3.55. The summed E-state index contributed by atoms with van der Waals surface area (Å²) in [6.07, 6.45) is 7.83. The first-order valence-electron chi connectivity index (χ1n) is 9.76. The smallest absolute Gasteiger partial charge is 0.247 e. The van der Waals surface area contributed by atoms with E-state index in [1.54, 1.807) is 29.6 Å². The third-order valence-corrected chi connectivity index (χ3v) is 7.17. The quantitative estimate of drug-likeness (QED) is 0.641. The first-order valence-corrected chi connectivity index (χ1v) is 11.6. The van der Waals surface area contributed by atoms with Crippen molar-refractivity contribution >= 4 is 21.6 Å². The molecule has 1 aromatic carbocycles. The summed E-state index contributed by atoms with van der Waals surface area (Å²) < 4.78 is 36.4. The van der Waals surface area contributed by atoms with Crippen LogP contribution in [0.5, 0.6) is 5.75 Å². The Morgan fingerprint density at radius 2 is 2.25 bits per heavy atom. The van der Waals surface area contributed by atoms with Crippen LogP contribution in [-0.2, 0) is 16.6 Å². The summed E-state index contributed by atoms with van der Waals surface area (Å²) in [5.74, 6) is 0.451. The molecular weight excluding hydrogens is 452 g/mol. The highest BCUT2D eigenvalue weighted by molar-refractivity contribution is 7.89. The van der Waals surface area contributed by atoms with E-state index in [-0.39, 0.29) is 22.8 Å². The molecule has 1 N–H and O–H groups in total. The molecule has 1 saturated heterocycles. The van der Waals surface area contributed by atoms with E-state index in [9.17, 15) is 13.7 Å². The van der Waals surface area contributed by atoms with E-state index < -0.39 is 16.1 Å². The lowest BCUT2D eigenvalue weighted by atomic mass is 10.1. The van der Waals surface area contributed by atoms with Crippen LogP contribution in [-0.4, -0.2) is 53.2 Å². The Kier molecular flexibility index (Phi) is 6.34. The normalized spacial score (nSPS) is 19.5. The lowest BCUT2D eigenvalue weighted by Crippen LogP contribution is -2.55. The molecule has 1 unspecified atom stereocenters. The zero-order valence-electron chi connectivity index (χ0n) is 17.0. The molecule has 0 radical (unpaired) electrons. The topological polar surface area (TPSA) is 113 Å². The molecule has 1 atom stereocenters. The average Bonchev–Trinajstić information content (AvgIpc) is 3.26. The van der Waals surface area contributed by atoms with Gasteiger partial charge in [-0.3, -0.25) is 4.68 Å². The SMILES string of the molecule is C=C1C=C(Cl)C=C(Oc2ccc(C#N)cc2S(=O)(=O)N2CCNCC2Cn2cncn2)[CH+]1. The maximum atomic E-state index is 13.8. The van der Waals surface area contributed by atoms with Gasteiger partial charge in [-0.1, -0.05) is 11.6 Å². The van der Waals surface area contributed by atoms with Crippen LogP contribution in [0.15, 0.2) is 70.8 Å². The van der Waals surface area contributed by atoms with Crippen molar-refractivity contribution in [3.63, 3.8) is 0 Å². The molecule has 1 aliphatic carbocycles. The van der Waals surface area contributed by atoms with Crippen molar-refractivity contribution in [1.29, 1.82) is 5.26 Å². The van der Waals surface area contributed by atoms with Gasteiger partial charge in [0.15, 0.2) is 0 Å². The van der Waals surface area contributed by atoms with Gasteiger partial charge < -0.3 is 10.1 Å². The second-order valence-corrected chi connectivity index (χ2v) is 9.56. The standard InChI is InChI=1S/C21H20ClN6O3S/c1-15-6-17(22)9-19(7-15)31-20-3-2-16(10-23)8-21(20)32(29,30)28-5-4-24-11-18(28)12-27-14-25-13-26-27/h2-3,6-9,13-14,18,24H,1,4-5,11-12H2/q+1. The Bertz CT molecular complexity index is 1230. The number of nitrogens with zero attached hydrogens (tertiary/aromatic N) is 5. The molecule has 0 bridgehead atoms. The number of sulfonamides is 1.